The van der Waals surface area contributed by atoms with Crippen molar-refractivity contribution in [2.24, 2.45) is 0 Å². The number of fused-ring (bicyclic) bond motifs is 18. The minimum atomic E-state index is 1.08. The smallest absolute Gasteiger partial charge is 0.0355 e. The number of hydrogen-bond acceptors (Lipinski definition) is 3. The lowest BCUT2D eigenvalue weighted by Gasteiger charge is -2.07. The molecule has 0 amide bonds. The van der Waals surface area contributed by atoms with E-state index in [9.17, 15) is 0 Å². The average Bonchev–Trinajstić information content (AvgIpc) is 4.20. The number of allylic oxidation sites excluding steroid dienone is 3. The molecule has 3 aromatic heterocycles. The van der Waals surface area contributed by atoms with Crippen LogP contribution in [0.5, 0.6) is 0 Å². The van der Waals surface area contributed by atoms with Gasteiger partial charge in [-0.05, 0) is 208 Å². The van der Waals surface area contributed by atoms with Gasteiger partial charge in [0.15, 0.2) is 0 Å². The quantitative estimate of drug-likeness (QED) is 0.115. The van der Waals surface area contributed by atoms with Gasteiger partial charge in [-0.15, -0.1) is 34.0 Å². The Bertz CT molecular complexity index is 4780. The van der Waals surface area contributed by atoms with E-state index in [2.05, 4.69) is 257 Å². The summed E-state index contributed by atoms with van der Waals surface area (Å²) in [6.45, 7) is 6.47. The Morgan fingerprint density at radius 3 is 0.960 bits per heavy atom. The summed E-state index contributed by atoms with van der Waals surface area (Å²) in [6.07, 6.45) is 16.7. The zero-order chi connectivity index (χ0) is 50.4. The van der Waals surface area contributed by atoms with Gasteiger partial charge in [0, 0.05) is 44.9 Å². The fraction of sp³-hybridized carbons (Fsp3) is 0.0833. The van der Waals surface area contributed by atoms with Gasteiger partial charge in [0.2, 0.25) is 0 Å². The van der Waals surface area contributed by atoms with Crippen LogP contribution in [0, 0.1) is 0 Å². The molecule has 75 heavy (non-hydrogen) atoms. The molecule has 0 unspecified atom stereocenters. The zero-order valence-corrected chi connectivity index (χ0v) is 44.8. The Morgan fingerprint density at radius 1 is 0.293 bits per heavy atom. The number of thiophene rings is 3. The molecule has 12 aromatic carbocycles. The summed E-state index contributed by atoms with van der Waals surface area (Å²) in [5.41, 5.74) is 0. The molecule has 0 fully saturated rings. The number of hydrogen-bond donors (Lipinski definition) is 0. The van der Waals surface area contributed by atoms with Gasteiger partial charge in [0.1, 0.15) is 0 Å². The van der Waals surface area contributed by atoms with Crippen LogP contribution in [-0.2, 0) is 0 Å². The summed E-state index contributed by atoms with van der Waals surface area (Å²) in [6, 6.07) is 74.1. The second-order valence-electron chi connectivity index (χ2n) is 19.6. The van der Waals surface area contributed by atoms with Gasteiger partial charge in [-0.25, -0.2) is 0 Å². The first-order chi connectivity index (χ1) is 37.0. The predicted octanol–water partition coefficient (Wildman–Crippen LogP) is 23.4. The van der Waals surface area contributed by atoms with E-state index in [-0.39, 0.29) is 0 Å². The molecule has 0 saturated carbocycles. The summed E-state index contributed by atoms with van der Waals surface area (Å²) < 4.78 is 4.09. The standard InChI is InChI=1S/C25H20S.C24H18S.C23H16S/c1-2-3-4-9-20-16-24-22-11-10-19-14-17-7-5-6-8-18(17)15-23(19)21(22)12-13-25(24)26-20;1-2-3-8-19-15-23-21-10-9-18-13-16-6-4-5-7-17(16)14-22(18)20(21)11-12-24(23)25-19;1-2-5-18-14-22-20-9-8-17-12-15-6-3-4-7-16(15)13-21(17)19(20)10-11-23(22)24-18/h4-16H,2-3H2,1H3;3-15H,2H2,1H3;2-14H,1H3/b9-4+;8-3+;5-2+. The monoisotopic (exact) mass is 1010 g/mol. The Kier molecular flexibility index (Phi) is 12.5. The van der Waals surface area contributed by atoms with E-state index in [4.69, 9.17) is 0 Å². The summed E-state index contributed by atoms with van der Waals surface area (Å²) in [4.78, 5) is 4.00. The molecule has 3 heterocycles. The second-order valence-corrected chi connectivity index (χ2v) is 23.0. The fourth-order valence-electron chi connectivity index (χ4n) is 11.1. The van der Waals surface area contributed by atoms with Gasteiger partial charge in [0.05, 0.1) is 0 Å². The maximum Gasteiger partial charge on any atom is 0.0355 e. The lowest BCUT2D eigenvalue weighted by molar-refractivity contribution is 0.962. The minimum absolute atomic E-state index is 1.08. The maximum absolute atomic E-state index is 2.35. The molecule has 3 heteroatoms. The van der Waals surface area contributed by atoms with Crippen molar-refractivity contribution < 1.29 is 0 Å². The first-order valence-electron chi connectivity index (χ1n) is 26.3. The van der Waals surface area contributed by atoms with Crippen molar-refractivity contribution in [3.63, 3.8) is 0 Å². The highest BCUT2D eigenvalue weighted by Gasteiger charge is 2.12. The average molecular weight is 1020 g/mol. The molecule has 0 nitrogen and oxygen atoms in total. The molecular weight excluding hydrogens is 961 g/mol. The van der Waals surface area contributed by atoms with Crippen LogP contribution in [0.3, 0.4) is 0 Å². The molecule has 360 valence electrons. The topological polar surface area (TPSA) is 0 Å². The van der Waals surface area contributed by atoms with Crippen LogP contribution >= 0.6 is 34.0 Å². The van der Waals surface area contributed by atoms with E-state index >= 15 is 0 Å². The lowest BCUT2D eigenvalue weighted by Crippen LogP contribution is -1.80. The largest absolute Gasteiger partial charge is 0.136 e. The highest BCUT2D eigenvalue weighted by molar-refractivity contribution is 7.20. The first-order valence-corrected chi connectivity index (χ1v) is 28.7. The molecule has 0 radical (unpaired) electrons. The third-order valence-corrected chi connectivity index (χ3v) is 18.0. The van der Waals surface area contributed by atoms with Crippen LogP contribution in [0.15, 0.2) is 218 Å². The molecule has 0 spiro atoms. The van der Waals surface area contributed by atoms with Crippen molar-refractivity contribution in [3.8, 4) is 0 Å². The van der Waals surface area contributed by atoms with E-state index in [0.717, 1.165) is 12.8 Å². The van der Waals surface area contributed by atoms with Crippen molar-refractivity contribution in [2.45, 2.75) is 40.0 Å². The molecule has 0 aliphatic heterocycles. The van der Waals surface area contributed by atoms with Gasteiger partial charge in [0.25, 0.3) is 0 Å². The second kappa shape index (κ2) is 20.1. The van der Waals surface area contributed by atoms with Crippen molar-refractivity contribution in [1.29, 1.82) is 0 Å². The van der Waals surface area contributed by atoms with Gasteiger partial charge >= 0.3 is 0 Å². The summed E-state index contributed by atoms with van der Waals surface area (Å²) >= 11 is 5.61. The van der Waals surface area contributed by atoms with E-state index < -0.39 is 0 Å². The third-order valence-electron chi connectivity index (χ3n) is 14.8. The SMILES string of the molecule is C/C=C/c1cc2c(ccc3c4cc5ccccc5cc4ccc23)s1.CC/C=C/c1cc2c(ccc3c4cc5ccccc5cc4ccc23)s1.CCC/C=C/c1cc2c(ccc3c4cc5ccccc5cc4ccc23)s1. The van der Waals surface area contributed by atoms with E-state index in [1.165, 1.54) is 148 Å². The van der Waals surface area contributed by atoms with Gasteiger partial charge < -0.3 is 0 Å². The zero-order valence-electron chi connectivity index (χ0n) is 42.4. The van der Waals surface area contributed by atoms with E-state index in [1.807, 2.05) is 34.0 Å². The number of unbranched alkanes of at least 4 members (excludes halogenated alkanes) is 1. The lowest BCUT2D eigenvalue weighted by atomic mass is 9.97. The Balaban J connectivity index is 0.000000108. The summed E-state index contributed by atoms with van der Waals surface area (Å²) in [7, 11) is 0. The van der Waals surface area contributed by atoms with Crippen LogP contribution < -0.4 is 0 Å². The van der Waals surface area contributed by atoms with Crippen molar-refractivity contribution in [3.05, 3.63) is 233 Å². The molecule has 0 N–H and O–H groups in total. The van der Waals surface area contributed by atoms with E-state index in [0.29, 0.717) is 0 Å². The van der Waals surface area contributed by atoms with Gasteiger partial charge in [-0.3, -0.25) is 0 Å². The van der Waals surface area contributed by atoms with Crippen molar-refractivity contribution in [1.82, 2.24) is 0 Å². The number of benzene rings is 12. The summed E-state index contributed by atoms with van der Waals surface area (Å²) in [5, 5.41) is 28.0. The minimum Gasteiger partial charge on any atom is -0.136 e. The van der Waals surface area contributed by atoms with Crippen LogP contribution in [0.4, 0.5) is 0 Å². The molecule has 15 rings (SSSR count). The maximum atomic E-state index is 2.35. The highest BCUT2D eigenvalue weighted by atomic mass is 32.1. The molecule has 15 aromatic rings. The molecule has 0 saturated heterocycles. The first kappa shape index (κ1) is 46.8. The molecule has 0 aliphatic carbocycles. The van der Waals surface area contributed by atoms with Crippen LogP contribution in [0.2, 0.25) is 0 Å². The van der Waals surface area contributed by atoms with Crippen LogP contribution in [-0.4, -0.2) is 0 Å². The predicted molar refractivity (Wildman–Crippen MR) is 341 cm³/mol. The summed E-state index contributed by atoms with van der Waals surface area (Å²) in [5.74, 6) is 0. The van der Waals surface area contributed by atoms with E-state index in [1.54, 1.807) is 0 Å². The number of rotatable bonds is 6. The molecule has 0 atom stereocenters. The Hall–Kier alpha value is -7.92. The van der Waals surface area contributed by atoms with Crippen molar-refractivity contribution in [2.75, 3.05) is 0 Å². The highest BCUT2D eigenvalue weighted by Crippen LogP contribution is 2.40. The normalized spacial score (nSPS) is 12.2. The van der Waals surface area contributed by atoms with Crippen LogP contribution in [0.25, 0.3) is 145 Å². The van der Waals surface area contributed by atoms with Crippen molar-refractivity contribution >= 4 is 179 Å². The Morgan fingerprint density at radius 2 is 0.613 bits per heavy atom. The van der Waals surface area contributed by atoms with Gasteiger partial charge in [-0.1, -0.05) is 166 Å². The molecule has 0 bridgehead atoms. The third kappa shape index (κ3) is 8.85. The molecule has 0 aliphatic rings. The van der Waals surface area contributed by atoms with Crippen LogP contribution in [0.1, 0.15) is 54.7 Å². The molecular formula is C72H54S3. The van der Waals surface area contributed by atoms with Gasteiger partial charge in [-0.2, -0.15) is 0 Å². The fourth-order valence-corrected chi connectivity index (χ4v) is 14.2. The Labute approximate surface area is 449 Å².